The molecule has 1 heterocycles. The molecule has 0 saturated heterocycles. The van der Waals surface area contributed by atoms with Crippen molar-refractivity contribution in [3.05, 3.63) is 59.4 Å². The number of hydrogen-bond acceptors (Lipinski definition) is 3. The second kappa shape index (κ2) is 5.33. The van der Waals surface area contributed by atoms with Gasteiger partial charge in [-0.15, -0.1) is 0 Å². The Morgan fingerprint density at radius 1 is 1.30 bits per heavy atom. The Balaban J connectivity index is 1.63. The number of fused-ring (bicyclic) bond motifs is 1. The minimum atomic E-state index is -0.537. The predicted octanol–water partition coefficient (Wildman–Crippen LogP) is 3.02. The summed E-state index contributed by atoms with van der Waals surface area (Å²) < 4.78 is 24.8. The summed E-state index contributed by atoms with van der Waals surface area (Å²) in [5.41, 5.74) is 1.43. The highest BCUT2D eigenvalue weighted by atomic mass is 19.1. The molecule has 0 aliphatic carbocycles. The summed E-state index contributed by atoms with van der Waals surface area (Å²) in [4.78, 5) is 10.5. The molecule has 3 nitrogen and oxygen atoms in total. The summed E-state index contributed by atoms with van der Waals surface area (Å²) in [5, 5.41) is 0. The van der Waals surface area contributed by atoms with Crippen LogP contribution in [0.4, 0.5) is 4.39 Å². The molecule has 1 atom stereocenters. The predicted molar refractivity (Wildman–Crippen MR) is 71.8 cm³/mol. The van der Waals surface area contributed by atoms with E-state index in [1.165, 1.54) is 12.1 Å². The van der Waals surface area contributed by atoms with Crippen LogP contribution in [0.15, 0.2) is 42.5 Å². The van der Waals surface area contributed by atoms with E-state index in [9.17, 15) is 9.18 Å². The van der Waals surface area contributed by atoms with Gasteiger partial charge in [-0.2, -0.15) is 0 Å². The molecule has 0 saturated carbocycles. The zero-order chi connectivity index (χ0) is 13.9. The maximum absolute atomic E-state index is 13.6. The van der Waals surface area contributed by atoms with Crippen LogP contribution in [0.1, 0.15) is 15.9 Å². The van der Waals surface area contributed by atoms with Crippen molar-refractivity contribution >= 4 is 6.29 Å². The third-order valence-electron chi connectivity index (χ3n) is 3.23. The van der Waals surface area contributed by atoms with Crippen molar-refractivity contribution in [2.45, 2.75) is 12.5 Å². The van der Waals surface area contributed by atoms with E-state index in [4.69, 9.17) is 9.47 Å². The van der Waals surface area contributed by atoms with Crippen LogP contribution in [0.5, 0.6) is 11.5 Å². The zero-order valence-corrected chi connectivity index (χ0v) is 10.7. The summed E-state index contributed by atoms with van der Waals surface area (Å²) in [6, 6.07) is 11.9. The third kappa shape index (κ3) is 2.50. The van der Waals surface area contributed by atoms with Crippen LogP contribution in [-0.2, 0) is 6.42 Å². The number of carbonyl (C=O) groups is 1. The lowest BCUT2D eigenvalue weighted by Crippen LogP contribution is -2.22. The van der Waals surface area contributed by atoms with Crippen LogP contribution in [0.25, 0.3) is 0 Å². The number of rotatable bonds is 4. The van der Waals surface area contributed by atoms with E-state index < -0.39 is 5.82 Å². The standard InChI is InChI=1S/C16H13FO3/c17-14-7-11(9-18)5-6-16(14)19-10-13-8-12-3-1-2-4-15(12)20-13/h1-7,9,13H,8,10H2. The second-order valence-electron chi connectivity index (χ2n) is 4.67. The molecule has 2 aromatic carbocycles. The number of ether oxygens (including phenoxy) is 2. The molecule has 1 aliphatic rings. The SMILES string of the molecule is O=Cc1ccc(OCC2Cc3ccccc3O2)c(F)c1. The molecule has 0 N–H and O–H groups in total. The Kier molecular flexibility index (Phi) is 3.37. The number of carbonyl (C=O) groups excluding carboxylic acids is 1. The lowest BCUT2D eigenvalue weighted by Gasteiger charge is -2.13. The second-order valence-corrected chi connectivity index (χ2v) is 4.67. The molecule has 0 amide bonds. The zero-order valence-electron chi connectivity index (χ0n) is 10.7. The first-order valence-corrected chi connectivity index (χ1v) is 6.38. The van der Waals surface area contributed by atoms with Crippen LogP contribution in [0.3, 0.4) is 0 Å². The van der Waals surface area contributed by atoms with Gasteiger partial charge >= 0.3 is 0 Å². The number of aldehydes is 1. The Morgan fingerprint density at radius 2 is 2.15 bits per heavy atom. The Labute approximate surface area is 115 Å². The normalized spacial score (nSPS) is 16.4. The van der Waals surface area contributed by atoms with Gasteiger partial charge in [0, 0.05) is 12.0 Å². The molecule has 20 heavy (non-hydrogen) atoms. The van der Waals surface area contributed by atoms with Gasteiger partial charge in [0.05, 0.1) is 0 Å². The van der Waals surface area contributed by atoms with Crippen molar-refractivity contribution in [1.82, 2.24) is 0 Å². The molecule has 3 rings (SSSR count). The van der Waals surface area contributed by atoms with E-state index >= 15 is 0 Å². The van der Waals surface area contributed by atoms with Gasteiger partial charge < -0.3 is 9.47 Å². The van der Waals surface area contributed by atoms with Crippen LogP contribution >= 0.6 is 0 Å². The van der Waals surface area contributed by atoms with Gasteiger partial charge in [0.25, 0.3) is 0 Å². The van der Waals surface area contributed by atoms with E-state index in [2.05, 4.69) is 0 Å². The molecular formula is C16H13FO3. The number of hydrogen-bond donors (Lipinski definition) is 0. The van der Waals surface area contributed by atoms with Gasteiger partial charge in [0.1, 0.15) is 24.7 Å². The maximum atomic E-state index is 13.6. The molecule has 1 unspecified atom stereocenters. The molecule has 102 valence electrons. The summed E-state index contributed by atoms with van der Waals surface area (Å²) in [5.74, 6) is 0.457. The number of halogens is 1. The summed E-state index contributed by atoms with van der Waals surface area (Å²) in [7, 11) is 0. The molecule has 0 aromatic heterocycles. The lowest BCUT2D eigenvalue weighted by atomic mass is 10.1. The summed E-state index contributed by atoms with van der Waals surface area (Å²) in [6.45, 7) is 0.270. The molecule has 0 spiro atoms. The fourth-order valence-corrected chi connectivity index (χ4v) is 2.24. The number of para-hydroxylation sites is 1. The Bertz CT molecular complexity index is 614. The van der Waals surface area contributed by atoms with Gasteiger partial charge in [-0.25, -0.2) is 4.39 Å². The van der Waals surface area contributed by atoms with E-state index in [1.807, 2.05) is 24.3 Å². The Hall–Kier alpha value is -2.36. The minimum Gasteiger partial charge on any atom is -0.487 e. The van der Waals surface area contributed by atoms with Crippen LogP contribution in [0, 0.1) is 5.82 Å². The molecule has 0 fully saturated rings. The average molecular weight is 272 g/mol. The topological polar surface area (TPSA) is 35.5 Å². The van der Waals surface area contributed by atoms with Gasteiger partial charge in [-0.05, 0) is 29.8 Å². The molecular weight excluding hydrogens is 259 g/mol. The summed E-state index contributed by atoms with van der Waals surface area (Å²) >= 11 is 0. The minimum absolute atomic E-state index is 0.113. The quantitative estimate of drug-likeness (QED) is 0.803. The molecule has 2 aromatic rings. The van der Waals surface area contributed by atoms with Crippen molar-refractivity contribution in [2.24, 2.45) is 0 Å². The maximum Gasteiger partial charge on any atom is 0.165 e. The smallest absolute Gasteiger partial charge is 0.165 e. The third-order valence-corrected chi connectivity index (χ3v) is 3.23. The van der Waals surface area contributed by atoms with Crippen molar-refractivity contribution < 1.29 is 18.7 Å². The fourth-order valence-electron chi connectivity index (χ4n) is 2.24. The first-order valence-electron chi connectivity index (χ1n) is 6.38. The fraction of sp³-hybridized carbons (Fsp3) is 0.188. The van der Waals surface area contributed by atoms with E-state index in [0.717, 1.165) is 23.8 Å². The lowest BCUT2D eigenvalue weighted by molar-refractivity contribution is 0.112. The van der Waals surface area contributed by atoms with Gasteiger partial charge in [-0.3, -0.25) is 4.79 Å². The van der Waals surface area contributed by atoms with Crippen molar-refractivity contribution in [1.29, 1.82) is 0 Å². The van der Waals surface area contributed by atoms with E-state index in [1.54, 1.807) is 0 Å². The van der Waals surface area contributed by atoms with Gasteiger partial charge in [0.15, 0.2) is 11.6 Å². The van der Waals surface area contributed by atoms with Crippen LogP contribution in [-0.4, -0.2) is 19.0 Å². The molecule has 1 aliphatic heterocycles. The highest BCUT2D eigenvalue weighted by Crippen LogP contribution is 2.28. The van der Waals surface area contributed by atoms with Crippen molar-refractivity contribution in [2.75, 3.05) is 6.61 Å². The van der Waals surface area contributed by atoms with Crippen LogP contribution < -0.4 is 9.47 Å². The molecule has 0 radical (unpaired) electrons. The highest BCUT2D eigenvalue weighted by Gasteiger charge is 2.23. The monoisotopic (exact) mass is 272 g/mol. The first kappa shape index (κ1) is 12.7. The van der Waals surface area contributed by atoms with Crippen LogP contribution in [0.2, 0.25) is 0 Å². The summed E-state index contributed by atoms with van der Waals surface area (Å²) in [6.07, 6.45) is 1.24. The van der Waals surface area contributed by atoms with Gasteiger partial charge in [0.2, 0.25) is 0 Å². The van der Waals surface area contributed by atoms with Crippen molar-refractivity contribution in [3.63, 3.8) is 0 Å². The molecule has 4 heteroatoms. The largest absolute Gasteiger partial charge is 0.487 e. The first-order chi connectivity index (χ1) is 9.76. The average Bonchev–Trinajstić information content (AvgIpc) is 2.88. The number of benzene rings is 2. The van der Waals surface area contributed by atoms with E-state index in [-0.39, 0.29) is 18.5 Å². The van der Waals surface area contributed by atoms with Gasteiger partial charge in [-0.1, -0.05) is 18.2 Å². The Morgan fingerprint density at radius 3 is 2.90 bits per heavy atom. The highest BCUT2D eigenvalue weighted by molar-refractivity contribution is 5.74. The van der Waals surface area contributed by atoms with E-state index in [0.29, 0.717) is 11.8 Å². The van der Waals surface area contributed by atoms with Crippen molar-refractivity contribution in [3.8, 4) is 11.5 Å². The molecule has 0 bridgehead atoms.